The number of amides is 1. The first kappa shape index (κ1) is 22.3. The van der Waals surface area contributed by atoms with Gasteiger partial charge in [-0.05, 0) is 30.2 Å². The lowest BCUT2D eigenvalue weighted by Gasteiger charge is -2.13. The minimum atomic E-state index is -0.316. The number of carbonyl (C=O) groups is 1. The number of rotatable bonds is 7. The van der Waals surface area contributed by atoms with Crippen LogP contribution in [0.15, 0.2) is 76.8 Å². The summed E-state index contributed by atoms with van der Waals surface area (Å²) in [6.07, 6.45) is 2.08. The Balaban J connectivity index is 1.56. The number of para-hydroxylation sites is 1. The zero-order valence-electron chi connectivity index (χ0n) is 16.8. The van der Waals surface area contributed by atoms with Crippen molar-refractivity contribution in [3.63, 3.8) is 0 Å². The van der Waals surface area contributed by atoms with Crippen molar-refractivity contribution < 1.29 is 4.79 Å². The van der Waals surface area contributed by atoms with Gasteiger partial charge in [0, 0.05) is 12.7 Å². The monoisotopic (exact) mass is 484 g/mol. The van der Waals surface area contributed by atoms with Gasteiger partial charge in [0.25, 0.3) is 5.56 Å². The van der Waals surface area contributed by atoms with Crippen molar-refractivity contribution in [3.05, 3.63) is 92.8 Å². The van der Waals surface area contributed by atoms with E-state index in [2.05, 4.69) is 15.3 Å². The smallest absolute Gasteiger partial charge is 0.262 e. The minimum Gasteiger partial charge on any atom is -0.309 e. The number of thioether (sulfide) groups is 1. The van der Waals surface area contributed by atoms with Gasteiger partial charge in [0.1, 0.15) is 0 Å². The lowest BCUT2D eigenvalue weighted by molar-refractivity contribution is -0.113. The second-order valence-corrected chi connectivity index (χ2v) is 8.71. The number of aryl methyl sites for hydroxylation is 1. The van der Waals surface area contributed by atoms with Crippen LogP contribution >= 0.6 is 35.0 Å². The van der Waals surface area contributed by atoms with Crippen molar-refractivity contribution in [3.8, 4) is 0 Å². The molecule has 2 aromatic heterocycles. The predicted octanol–water partition coefficient (Wildman–Crippen LogP) is 5.07. The number of fused-ring (bicyclic) bond motifs is 1. The van der Waals surface area contributed by atoms with Gasteiger partial charge in [0.15, 0.2) is 11.0 Å². The standard InChI is InChI=1S/C23H18Cl2N4O2S/c24-16-12-18(25)21(26-13-16)28-20(30)14-32-23-27-19-9-5-4-8-17(19)22(31)29(23)11-10-15-6-2-1-3-7-15/h1-9,12-13H,10-11,14H2,(H,26,28,30). The van der Waals surface area contributed by atoms with Gasteiger partial charge in [-0.2, -0.15) is 0 Å². The third-order valence-corrected chi connectivity index (χ3v) is 6.16. The zero-order valence-corrected chi connectivity index (χ0v) is 19.1. The summed E-state index contributed by atoms with van der Waals surface area (Å²) in [7, 11) is 0. The Morgan fingerprint density at radius 2 is 1.81 bits per heavy atom. The van der Waals surface area contributed by atoms with Gasteiger partial charge in [0.05, 0.1) is 26.7 Å². The normalized spacial score (nSPS) is 10.9. The Bertz CT molecular complexity index is 1330. The molecule has 4 aromatic rings. The highest BCUT2D eigenvalue weighted by Crippen LogP contribution is 2.23. The Morgan fingerprint density at radius 1 is 1.06 bits per heavy atom. The summed E-state index contributed by atoms with van der Waals surface area (Å²) in [5.41, 5.74) is 1.58. The van der Waals surface area contributed by atoms with E-state index >= 15 is 0 Å². The van der Waals surface area contributed by atoms with Crippen LogP contribution in [0.2, 0.25) is 10.0 Å². The average Bonchev–Trinajstić information content (AvgIpc) is 2.80. The van der Waals surface area contributed by atoms with E-state index in [0.29, 0.717) is 34.0 Å². The summed E-state index contributed by atoms with van der Waals surface area (Å²) in [4.78, 5) is 34.3. The summed E-state index contributed by atoms with van der Waals surface area (Å²) in [5, 5.41) is 4.32. The molecule has 2 heterocycles. The maximum atomic E-state index is 13.2. The zero-order chi connectivity index (χ0) is 22.5. The van der Waals surface area contributed by atoms with E-state index in [-0.39, 0.29) is 28.1 Å². The molecular weight excluding hydrogens is 467 g/mol. The number of nitrogens with one attached hydrogen (secondary N) is 1. The Labute approximate surface area is 198 Å². The highest BCUT2D eigenvalue weighted by Gasteiger charge is 2.14. The Hall–Kier alpha value is -2.87. The number of anilines is 1. The van der Waals surface area contributed by atoms with Gasteiger partial charge in [-0.25, -0.2) is 9.97 Å². The number of nitrogens with zero attached hydrogens (tertiary/aromatic N) is 3. The van der Waals surface area contributed by atoms with Crippen LogP contribution < -0.4 is 10.9 Å². The maximum Gasteiger partial charge on any atom is 0.262 e. The molecule has 0 fully saturated rings. The van der Waals surface area contributed by atoms with Gasteiger partial charge in [-0.15, -0.1) is 0 Å². The molecule has 0 aliphatic carbocycles. The first-order chi connectivity index (χ1) is 15.5. The molecule has 4 rings (SSSR count). The van der Waals surface area contributed by atoms with Crippen molar-refractivity contribution in [1.29, 1.82) is 0 Å². The summed E-state index contributed by atoms with van der Waals surface area (Å²) < 4.78 is 1.63. The van der Waals surface area contributed by atoms with E-state index in [9.17, 15) is 9.59 Å². The number of carbonyl (C=O) groups excluding carboxylic acids is 1. The number of aromatic nitrogens is 3. The Kier molecular flexibility index (Phi) is 7.09. The van der Waals surface area contributed by atoms with Gasteiger partial charge in [0.2, 0.25) is 5.91 Å². The molecule has 0 saturated carbocycles. The molecule has 0 aliphatic heterocycles. The SMILES string of the molecule is O=C(CSc1nc2ccccc2c(=O)n1CCc1ccccc1)Nc1ncc(Cl)cc1Cl. The molecule has 0 unspecified atom stereocenters. The maximum absolute atomic E-state index is 13.2. The van der Waals surface area contributed by atoms with Crippen LogP contribution in [-0.2, 0) is 17.8 Å². The van der Waals surface area contributed by atoms with Crippen molar-refractivity contribution in [2.75, 3.05) is 11.1 Å². The number of pyridine rings is 1. The van der Waals surface area contributed by atoms with Crippen molar-refractivity contribution in [1.82, 2.24) is 14.5 Å². The van der Waals surface area contributed by atoms with E-state index < -0.39 is 0 Å². The third kappa shape index (κ3) is 5.30. The van der Waals surface area contributed by atoms with Crippen LogP contribution in [0.25, 0.3) is 10.9 Å². The lowest BCUT2D eigenvalue weighted by atomic mass is 10.1. The molecule has 2 aromatic carbocycles. The molecule has 0 atom stereocenters. The van der Waals surface area contributed by atoms with Crippen molar-refractivity contribution in [2.24, 2.45) is 0 Å². The van der Waals surface area contributed by atoms with E-state index in [0.717, 1.165) is 5.56 Å². The topological polar surface area (TPSA) is 76.9 Å². The first-order valence-corrected chi connectivity index (χ1v) is 11.5. The highest BCUT2D eigenvalue weighted by atomic mass is 35.5. The van der Waals surface area contributed by atoms with Crippen molar-refractivity contribution >= 4 is 57.6 Å². The molecule has 0 spiro atoms. The van der Waals surface area contributed by atoms with E-state index in [1.165, 1.54) is 24.0 Å². The second-order valence-electron chi connectivity index (χ2n) is 6.92. The van der Waals surface area contributed by atoms with Crippen LogP contribution in [0.3, 0.4) is 0 Å². The summed E-state index contributed by atoms with van der Waals surface area (Å²) >= 11 is 13.1. The first-order valence-electron chi connectivity index (χ1n) is 9.78. The van der Waals surface area contributed by atoms with E-state index in [1.807, 2.05) is 42.5 Å². The van der Waals surface area contributed by atoms with Crippen LogP contribution in [-0.4, -0.2) is 26.2 Å². The molecule has 1 N–H and O–H groups in total. The van der Waals surface area contributed by atoms with Gasteiger partial charge in [-0.1, -0.05) is 77.4 Å². The molecular formula is C23H18Cl2N4O2S. The fourth-order valence-corrected chi connectivity index (χ4v) is 4.40. The molecule has 1 amide bonds. The molecule has 162 valence electrons. The molecule has 32 heavy (non-hydrogen) atoms. The lowest BCUT2D eigenvalue weighted by Crippen LogP contribution is -2.25. The third-order valence-electron chi connectivity index (χ3n) is 4.69. The number of benzene rings is 2. The average molecular weight is 485 g/mol. The largest absolute Gasteiger partial charge is 0.309 e. The highest BCUT2D eigenvalue weighted by molar-refractivity contribution is 7.99. The van der Waals surface area contributed by atoms with Crippen LogP contribution in [0, 0.1) is 0 Å². The second kappa shape index (κ2) is 10.2. The summed E-state index contributed by atoms with van der Waals surface area (Å²) in [6.45, 7) is 0.454. The van der Waals surface area contributed by atoms with Crippen LogP contribution in [0.5, 0.6) is 0 Å². The summed E-state index contributed by atoms with van der Waals surface area (Å²) in [5.74, 6) is -0.0464. The van der Waals surface area contributed by atoms with Crippen molar-refractivity contribution in [2.45, 2.75) is 18.1 Å². The van der Waals surface area contributed by atoms with Crippen LogP contribution in [0.1, 0.15) is 5.56 Å². The molecule has 0 saturated heterocycles. The molecule has 0 radical (unpaired) electrons. The number of hydrogen-bond donors (Lipinski definition) is 1. The fraction of sp³-hybridized carbons (Fsp3) is 0.130. The Morgan fingerprint density at radius 3 is 2.59 bits per heavy atom. The number of halogens is 2. The molecule has 0 bridgehead atoms. The quantitative estimate of drug-likeness (QED) is 0.292. The summed E-state index contributed by atoms with van der Waals surface area (Å²) in [6, 6.07) is 18.6. The molecule has 6 nitrogen and oxygen atoms in total. The fourth-order valence-electron chi connectivity index (χ4n) is 3.15. The van der Waals surface area contributed by atoms with E-state index in [1.54, 1.807) is 16.7 Å². The van der Waals surface area contributed by atoms with Crippen LogP contribution in [0.4, 0.5) is 5.82 Å². The van der Waals surface area contributed by atoms with Gasteiger partial charge >= 0.3 is 0 Å². The number of hydrogen-bond acceptors (Lipinski definition) is 5. The van der Waals surface area contributed by atoms with E-state index in [4.69, 9.17) is 23.2 Å². The van der Waals surface area contributed by atoms with Gasteiger partial charge in [-0.3, -0.25) is 14.2 Å². The van der Waals surface area contributed by atoms with Gasteiger partial charge < -0.3 is 5.32 Å². The predicted molar refractivity (Wildman–Crippen MR) is 130 cm³/mol. The molecule has 9 heteroatoms. The molecule has 0 aliphatic rings. The minimum absolute atomic E-state index is 0.0384.